The molecular weight excluding hydrogens is 250 g/mol. The van der Waals surface area contributed by atoms with Crippen LogP contribution in [0.3, 0.4) is 0 Å². The molecule has 0 aromatic carbocycles. The number of hydrogen-bond donors (Lipinski definition) is 2. The molecule has 1 aromatic rings. The predicted molar refractivity (Wildman–Crippen MR) is 72.2 cm³/mol. The van der Waals surface area contributed by atoms with Gasteiger partial charge in [-0.2, -0.15) is 4.37 Å². The Balaban J connectivity index is 1.92. The zero-order valence-electron chi connectivity index (χ0n) is 10.9. The molecule has 1 aliphatic heterocycles. The maximum Gasteiger partial charge on any atom is 0.412 e. The minimum atomic E-state index is -0.479. The zero-order chi connectivity index (χ0) is 13.2. The van der Waals surface area contributed by atoms with Crippen LogP contribution in [0.25, 0.3) is 0 Å². The van der Waals surface area contributed by atoms with Crippen LogP contribution in [0.1, 0.15) is 38.8 Å². The molecule has 0 bridgehead atoms. The van der Waals surface area contributed by atoms with Crippen molar-refractivity contribution in [1.82, 2.24) is 9.69 Å². The fraction of sp³-hybridized carbons (Fsp3) is 0.667. The summed E-state index contributed by atoms with van der Waals surface area (Å²) in [4.78, 5) is 11.6. The number of aromatic nitrogens is 1. The summed E-state index contributed by atoms with van der Waals surface area (Å²) in [7, 11) is 0. The maximum atomic E-state index is 11.6. The molecule has 100 valence electrons. The SMILES string of the molecule is CC(C)(C)OC(=O)Nc1cc(C2CCNC2)ns1. The molecule has 0 saturated carbocycles. The Morgan fingerprint density at radius 3 is 3.00 bits per heavy atom. The van der Waals surface area contributed by atoms with Crippen LogP contribution in [-0.2, 0) is 4.74 Å². The van der Waals surface area contributed by atoms with Gasteiger partial charge >= 0.3 is 6.09 Å². The van der Waals surface area contributed by atoms with Crippen molar-refractivity contribution in [3.05, 3.63) is 11.8 Å². The monoisotopic (exact) mass is 269 g/mol. The lowest BCUT2D eigenvalue weighted by Gasteiger charge is -2.19. The van der Waals surface area contributed by atoms with Gasteiger partial charge in [-0.1, -0.05) is 0 Å². The lowest BCUT2D eigenvalue weighted by Crippen LogP contribution is -2.26. The number of nitrogens with zero attached hydrogens (tertiary/aromatic N) is 1. The number of nitrogens with one attached hydrogen (secondary N) is 2. The molecule has 2 rings (SSSR count). The first-order valence-electron chi connectivity index (χ1n) is 6.11. The van der Waals surface area contributed by atoms with E-state index in [1.807, 2.05) is 26.8 Å². The molecule has 0 spiro atoms. The van der Waals surface area contributed by atoms with Gasteiger partial charge in [0.2, 0.25) is 0 Å². The highest BCUT2D eigenvalue weighted by molar-refractivity contribution is 7.10. The van der Waals surface area contributed by atoms with Gasteiger partial charge in [-0.3, -0.25) is 5.32 Å². The summed E-state index contributed by atoms with van der Waals surface area (Å²) < 4.78 is 9.57. The van der Waals surface area contributed by atoms with E-state index in [2.05, 4.69) is 15.0 Å². The van der Waals surface area contributed by atoms with Gasteiger partial charge in [0, 0.05) is 12.5 Å². The van der Waals surface area contributed by atoms with E-state index in [4.69, 9.17) is 4.74 Å². The second-order valence-corrected chi connectivity index (χ2v) is 6.24. The van der Waals surface area contributed by atoms with E-state index >= 15 is 0 Å². The van der Waals surface area contributed by atoms with Crippen LogP contribution in [0.15, 0.2) is 6.07 Å². The van der Waals surface area contributed by atoms with Crippen LogP contribution in [0.2, 0.25) is 0 Å². The molecule has 5 nitrogen and oxygen atoms in total. The first kappa shape index (κ1) is 13.3. The van der Waals surface area contributed by atoms with Crippen LogP contribution in [0.4, 0.5) is 9.80 Å². The standard InChI is InChI=1S/C12H19N3O2S/c1-12(2,3)17-11(16)14-10-6-9(15-18-10)8-4-5-13-7-8/h6,8,13H,4-5,7H2,1-3H3,(H,14,16). The molecule has 1 unspecified atom stereocenters. The first-order chi connectivity index (χ1) is 8.44. The quantitative estimate of drug-likeness (QED) is 0.866. The molecule has 1 aliphatic rings. The Labute approximate surface area is 111 Å². The minimum absolute atomic E-state index is 0.428. The van der Waals surface area contributed by atoms with Crippen molar-refractivity contribution >= 4 is 22.6 Å². The molecule has 1 fully saturated rings. The molecule has 1 amide bonds. The zero-order valence-corrected chi connectivity index (χ0v) is 11.8. The summed E-state index contributed by atoms with van der Waals surface area (Å²) in [6.45, 7) is 7.53. The van der Waals surface area contributed by atoms with Crippen molar-refractivity contribution < 1.29 is 9.53 Å². The van der Waals surface area contributed by atoms with E-state index in [-0.39, 0.29) is 0 Å². The normalized spacial score (nSPS) is 19.8. The Kier molecular flexibility index (Phi) is 3.87. The minimum Gasteiger partial charge on any atom is -0.444 e. The van der Waals surface area contributed by atoms with Crippen LogP contribution >= 0.6 is 11.5 Å². The second-order valence-electron chi connectivity index (χ2n) is 5.43. The molecule has 1 atom stereocenters. The van der Waals surface area contributed by atoms with Crippen molar-refractivity contribution in [3.8, 4) is 0 Å². The molecule has 18 heavy (non-hydrogen) atoms. The highest BCUT2D eigenvalue weighted by Crippen LogP contribution is 2.26. The summed E-state index contributed by atoms with van der Waals surface area (Å²) in [5.74, 6) is 0.468. The number of anilines is 1. The van der Waals surface area contributed by atoms with Gasteiger partial charge in [-0.15, -0.1) is 0 Å². The summed E-state index contributed by atoms with van der Waals surface area (Å²) in [6, 6.07) is 1.94. The van der Waals surface area contributed by atoms with Crippen LogP contribution in [0.5, 0.6) is 0 Å². The number of hydrogen-bond acceptors (Lipinski definition) is 5. The van der Waals surface area contributed by atoms with Gasteiger partial charge in [0.1, 0.15) is 10.6 Å². The number of rotatable bonds is 2. The van der Waals surface area contributed by atoms with Gasteiger partial charge in [0.25, 0.3) is 0 Å². The Morgan fingerprint density at radius 1 is 1.61 bits per heavy atom. The van der Waals surface area contributed by atoms with Crippen molar-refractivity contribution in [2.75, 3.05) is 18.4 Å². The first-order valence-corrected chi connectivity index (χ1v) is 6.89. The van der Waals surface area contributed by atoms with E-state index in [0.29, 0.717) is 5.92 Å². The van der Waals surface area contributed by atoms with Crippen LogP contribution in [-0.4, -0.2) is 29.2 Å². The average Bonchev–Trinajstić information content (AvgIpc) is 2.82. The number of amides is 1. The highest BCUT2D eigenvalue weighted by Gasteiger charge is 2.21. The smallest absolute Gasteiger partial charge is 0.412 e. The van der Waals surface area contributed by atoms with Gasteiger partial charge < -0.3 is 10.1 Å². The van der Waals surface area contributed by atoms with Crippen molar-refractivity contribution in [3.63, 3.8) is 0 Å². The number of ether oxygens (including phenoxy) is 1. The summed E-state index contributed by atoms with van der Waals surface area (Å²) in [5, 5.41) is 6.76. The van der Waals surface area contributed by atoms with Gasteiger partial charge in [0.15, 0.2) is 0 Å². The third-order valence-corrected chi connectivity index (χ3v) is 3.35. The van der Waals surface area contributed by atoms with E-state index in [1.54, 1.807) is 0 Å². The molecular formula is C12H19N3O2S. The average molecular weight is 269 g/mol. The van der Waals surface area contributed by atoms with Gasteiger partial charge in [-0.05, 0) is 51.3 Å². The van der Waals surface area contributed by atoms with E-state index in [0.717, 1.165) is 30.2 Å². The fourth-order valence-corrected chi connectivity index (χ4v) is 2.56. The summed E-state index contributed by atoms with van der Waals surface area (Å²) in [6.07, 6.45) is 0.678. The summed E-state index contributed by atoms with van der Waals surface area (Å²) in [5.41, 5.74) is 0.573. The maximum absolute atomic E-state index is 11.6. The lowest BCUT2D eigenvalue weighted by molar-refractivity contribution is 0.0636. The summed E-state index contributed by atoms with van der Waals surface area (Å²) >= 11 is 1.30. The predicted octanol–water partition coefficient (Wildman–Crippen LogP) is 2.57. The van der Waals surface area contributed by atoms with Crippen molar-refractivity contribution in [2.45, 2.75) is 38.7 Å². The lowest BCUT2D eigenvalue weighted by atomic mass is 10.1. The Hall–Kier alpha value is -1.14. The Morgan fingerprint density at radius 2 is 2.39 bits per heavy atom. The molecule has 6 heteroatoms. The van der Waals surface area contributed by atoms with E-state index < -0.39 is 11.7 Å². The van der Waals surface area contributed by atoms with E-state index in [1.165, 1.54) is 11.5 Å². The molecule has 2 heterocycles. The van der Waals surface area contributed by atoms with Crippen molar-refractivity contribution in [2.24, 2.45) is 0 Å². The molecule has 1 saturated heterocycles. The molecule has 0 aliphatic carbocycles. The fourth-order valence-electron chi connectivity index (χ4n) is 1.85. The third-order valence-electron chi connectivity index (χ3n) is 2.63. The Bertz CT molecular complexity index is 419. The van der Waals surface area contributed by atoms with Crippen LogP contribution in [0, 0.1) is 0 Å². The van der Waals surface area contributed by atoms with Crippen LogP contribution < -0.4 is 10.6 Å². The largest absolute Gasteiger partial charge is 0.444 e. The van der Waals surface area contributed by atoms with Gasteiger partial charge in [0.05, 0.1) is 5.69 Å². The topological polar surface area (TPSA) is 63.2 Å². The van der Waals surface area contributed by atoms with E-state index in [9.17, 15) is 4.79 Å². The number of carbonyl (C=O) groups excluding carboxylic acids is 1. The second kappa shape index (κ2) is 5.24. The van der Waals surface area contributed by atoms with Gasteiger partial charge in [-0.25, -0.2) is 4.79 Å². The number of carbonyl (C=O) groups is 1. The highest BCUT2D eigenvalue weighted by atomic mass is 32.1. The van der Waals surface area contributed by atoms with Crippen molar-refractivity contribution in [1.29, 1.82) is 0 Å². The molecule has 0 radical (unpaired) electrons. The molecule has 2 N–H and O–H groups in total. The third kappa shape index (κ3) is 3.68. The molecule has 1 aromatic heterocycles.